The van der Waals surface area contributed by atoms with Crippen molar-refractivity contribution in [3.63, 3.8) is 0 Å². The van der Waals surface area contributed by atoms with Crippen molar-refractivity contribution in [2.45, 2.75) is 6.23 Å². The van der Waals surface area contributed by atoms with E-state index in [1.165, 1.54) is 18.2 Å². The molecule has 1 N–H and O–H groups in total. The van der Waals surface area contributed by atoms with Crippen LogP contribution in [0, 0.1) is 22.1 Å². The highest BCUT2D eigenvalue weighted by atomic mass is 79.9. The zero-order valence-electron chi connectivity index (χ0n) is 9.41. The molecule has 1 unspecified atom stereocenters. The van der Waals surface area contributed by atoms with Crippen LogP contribution in [-0.4, -0.2) is 18.7 Å². The number of carbonyl (C=O) groups is 1. The third kappa shape index (κ3) is 5.10. The van der Waals surface area contributed by atoms with E-state index in [1.807, 2.05) is 0 Å². The summed E-state index contributed by atoms with van der Waals surface area (Å²) >= 11 is 14.4. The average molecular weight is 362 g/mol. The lowest BCUT2D eigenvalue weighted by Crippen LogP contribution is -2.35. The standard InChI is InChI=1S/C12H7BrCl2N2O2/c13-4-1-5-19-11(7-16)17-12(18)8-2-3-9(14)10(15)6-8/h2-3,6,11H,5H2,(H,17,18). The molecule has 0 aliphatic rings. The van der Waals surface area contributed by atoms with Gasteiger partial charge < -0.3 is 10.1 Å². The largest absolute Gasteiger partial charge is 0.332 e. The van der Waals surface area contributed by atoms with Gasteiger partial charge in [0, 0.05) is 21.5 Å². The predicted octanol–water partition coefficient (Wildman–Crippen LogP) is 2.95. The summed E-state index contributed by atoms with van der Waals surface area (Å²) in [6, 6.07) is 6.19. The van der Waals surface area contributed by atoms with Crippen LogP contribution in [0.15, 0.2) is 18.2 Å². The van der Waals surface area contributed by atoms with E-state index in [2.05, 4.69) is 32.0 Å². The van der Waals surface area contributed by atoms with Gasteiger partial charge in [-0.3, -0.25) is 4.79 Å². The first-order valence-corrected chi connectivity index (χ1v) is 6.49. The van der Waals surface area contributed by atoms with Gasteiger partial charge >= 0.3 is 0 Å². The van der Waals surface area contributed by atoms with Crippen LogP contribution in [0.3, 0.4) is 0 Å². The Morgan fingerprint density at radius 3 is 2.79 bits per heavy atom. The minimum Gasteiger partial charge on any atom is -0.332 e. The summed E-state index contributed by atoms with van der Waals surface area (Å²) in [5.74, 6) is 2.06. The van der Waals surface area contributed by atoms with Crippen LogP contribution in [0.5, 0.6) is 0 Å². The highest BCUT2D eigenvalue weighted by Crippen LogP contribution is 2.22. The van der Waals surface area contributed by atoms with Gasteiger partial charge in [0.1, 0.15) is 12.7 Å². The molecular formula is C12H7BrCl2N2O2. The topological polar surface area (TPSA) is 62.1 Å². The first-order valence-electron chi connectivity index (χ1n) is 4.94. The van der Waals surface area contributed by atoms with E-state index in [1.54, 1.807) is 6.07 Å². The van der Waals surface area contributed by atoms with Crippen LogP contribution < -0.4 is 5.32 Å². The molecule has 0 radical (unpaired) electrons. The van der Waals surface area contributed by atoms with E-state index in [4.69, 9.17) is 33.2 Å². The van der Waals surface area contributed by atoms with Gasteiger partial charge in [-0.25, -0.2) is 0 Å². The van der Waals surface area contributed by atoms with Gasteiger partial charge in [0.2, 0.25) is 6.23 Å². The molecule has 0 aliphatic carbocycles. The Balaban J connectivity index is 2.68. The number of halogens is 3. The van der Waals surface area contributed by atoms with Crippen LogP contribution in [0.4, 0.5) is 0 Å². The van der Waals surface area contributed by atoms with E-state index in [9.17, 15) is 4.79 Å². The maximum Gasteiger partial charge on any atom is 0.254 e. The summed E-state index contributed by atoms with van der Waals surface area (Å²) in [5, 5.41) is 11.8. The fourth-order valence-corrected chi connectivity index (χ4v) is 1.52. The van der Waals surface area contributed by atoms with Crippen molar-refractivity contribution in [2.75, 3.05) is 6.61 Å². The van der Waals surface area contributed by atoms with Gasteiger partial charge in [-0.1, -0.05) is 29.1 Å². The molecular weight excluding hydrogens is 355 g/mol. The molecule has 1 rings (SSSR count). The minimum atomic E-state index is -1.09. The Labute approximate surface area is 128 Å². The average Bonchev–Trinajstić information content (AvgIpc) is 2.40. The van der Waals surface area contributed by atoms with Gasteiger partial charge in [0.05, 0.1) is 10.0 Å². The van der Waals surface area contributed by atoms with E-state index < -0.39 is 12.1 Å². The fraction of sp³-hybridized carbons (Fsp3) is 0.167. The molecule has 1 aromatic carbocycles. The highest BCUT2D eigenvalue weighted by Gasteiger charge is 2.14. The molecule has 0 saturated heterocycles. The number of hydrogen-bond acceptors (Lipinski definition) is 3. The van der Waals surface area contributed by atoms with Crippen LogP contribution in [0.2, 0.25) is 10.0 Å². The quantitative estimate of drug-likeness (QED) is 0.662. The number of hydrogen-bond donors (Lipinski definition) is 1. The first kappa shape index (κ1) is 15.8. The normalized spacial score (nSPS) is 10.8. The number of nitrogens with one attached hydrogen (secondary N) is 1. The molecule has 7 heteroatoms. The first-order chi connectivity index (χ1) is 9.08. The van der Waals surface area contributed by atoms with Crippen molar-refractivity contribution in [3.8, 4) is 16.8 Å². The third-order valence-corrected chi connectivity index (χ3v) is 2.97. The molecule has 0 aromatic heterocycles. The molecule has 19 heavy (non-hydrogen) atoms. The van der Waals surface area contributed by atoms with Crippen LogP contribution in [-0.2, 0) is 4.74 Å². The summed E-state index contributed by atoms with van der Waals surface area (Å²) in [4.78, 5) is 14.3. The van der Waals surface area contributed by atoms with Gasteiger partial charge in [-0.2, -0.15) is 5.26 Å². The predicted molar refractivity (Wildman–Crippen MR) is 76.0 cm³/mol. The number of rotatable bonds is 4. The number of carbonyl (C=O) groups excluding carboxylic acids is 1. The molecule has 0 spiro atoms. The number of nitrogens with zero attached hydrogens (tertiary/aromatic N) is 1. The number of benzene rings is 1. The maximum atomic E-state index is 11.8. The third-order valence-electron chi connectivity index (χ3n) is 1.95. The zero-order valence-corrected chi connectivity index (χ0v) is 12.5. The van der Waals surface area contributed by atoms with Gasteiger partial charge in [0.25, 0.3) is 5.91 Å². The molecule has 0 fully saturated rings. The molecule has 4 nitrogen and oxygen atoms in total. The Morgan fingerprint density at radius 2 is 2.21 bits per heavy atom. The zero-order chi connectivity index (χ0) is 14.3. The fourth-order valence-electron chi connectivity index (χ4n) is 1.10. The summed E-state index contributed by atoms with van der Waals surface area (Å²) in [6.07, 6.45) is -1.09. The summed E-state index contributed by atoms with van der Waals surface area (Å²) in [6.45, 7) is 0.0190. The van der Waals surface area contributed by atoms with Crippen LogP contribution >= 0.6 is 39.1 Å². The maximum absolute atomic E-state index is 11.8. The molecule has 0 bridgehead atoms. The van der Waals surface area contributed by atoms with Gasteiger partial charge in [-0.15, -0.1) is 0 Å². The van der Waals surface area contributed by atoms with E-state index >= 15 is 0 Å². The minimum absolute atomic E-state index is 0.0190. The second-order valence-corrected chi connectivity index (χ2v) is 4.40. The molecule has 0 aliphatic heterocycles. The number of ether oxygens (including phenoxy) is 1. The van der Waals surface area contributed by atoms with Crippen molar-refractivity contribution in [1.29, 1.82) is 5.26 Å². The summed E-state index contributed by atoms with van der Waals surface area (Å²) in [5.41, 5.74) is 0.282. The molecule has 0 heterocycles. The van der Waals surface area contributed by atoms with Gasteiger partial charge in [-0.05, 0) is 23.0 Å². The van der Waals surface area contributed by atoms with Crippen molar-refractivity contribution >= 4 is 45.0 Å². The smallest absolute Gasteiger partial charge is 0.254 e. The molecule has 1 amide bonds. The molecule has 1 atom stereocenters. The van der Waals surface area contributed by atoms with E-state index in [0.717, 1.165) is 0 Å². The van der Waals surface area contributed by atoms with Crippen LogP contribution in [0.1, 0.15) is 10.4 Å². The van der Waals surface area contributed by atoms with Gasteiger partial charge in [0.15, 0.2) is 0 Å². The Hall–Kier alpha value is -1.24. The van der Waals surface area contributed by atoms with E-state index in [-0.39, 0.29) is 17.2 Å². The molecule has 0 saturated carbocycles. The number of nitriles is 1. The number of amides is 1. The molecule has 1 aromatic rings. The lowest BCUT2D eigenvalue weighted by Gasteiger charge is -2.11. The van der Waals surface area contributed by atoms with Crippen LogP contribution in [0.25, 0.3) is 0 Å². The Kier molecular flexibility index (Phi) is 6.69. The van der Waals surface area contributed by atoms with Crippen molar-refractivity contribution in [2.24, 2.45) is 0 Å². The second kappa shape index (κ2) is 8.04. The lowest BCUT2D eigenvalue weighted by atomic mass is 10.2. The van der Waals surface area contributed by atoms with E-state index in [0.29, 0.717) is 5.02 Å². The Morgan fingerprint density at radius 1 is 1.47 bits per heavy atom. The van der Waals surface area contributed by atoms with Crippen molar-refractivity contribution in [3.05, 3.63) is 33.8 Å². The Bertz CT molecular complexity index is 575. The van der Waals surface area contributed by atoms with Crippen molar-refractivity contribution in [1.82, 2.24) is 5.32 Å². The van der Waals surface area contributed by atoms with Crippen molar-refractivity contribution < 1.29 is 9.53 Å². The lowest BCUT2D eigenvalue weighted by molar-refractivity contribution is 0.0685. The highest BCUT2D eigenvalue weighted by molar-refractivity contribution is 9.12. The summed E-state index contributed by atoms with van der Waals surface area (Å²) < 4.78 is 5.02. The molecule has 98 valence electrons. The summed E-state index contributed by atoms with van der Waals surface area (Å²) in [7, 11) is 0. The second-order valence-electron chi connectivity index (χ2n) is 3.19. The SMILES string of the molecule is N#CC(NC(=O)c1ccc(Cl)c(Cl)c1)OCC#CBr. The monoisotopic (exact) mass is 360 g/mol.